The normalized spacial score (nSPS) is 15.7. The van der Waals surface area contributed by atoms with Gasteiger partial charge in [-0.2, -0.15) is 0 Å². The first kappa shape index (κ1) is 25.3. The third kappa shape index (κ3) is 8.82. The molecule has 5 heteroatoms. The summed E-state index contributed by atoms with van der Waals surface area (Å²) in [5.74, 6) is 1.32. The number of guanidine groups is 1. The van der Waals surface area contributed by atoms with E-state index in [2.05, 4.69) is 94.9 Å². The van der Waals surface area contributed by atoms with E-state index in [4.69, 9.17) is 4.99 Å². The van der Waals surface area contributed by atoms with Crippen LogP contribution in [0.4, 0.5) is 0 Å². The Bertz CT molecular complexity index is 745. The summed E-state index contributed by atoms with van der Waals surface area (Å²) in [6.07, 6.45) is 3.39. The largest absolute Gasteiger partial charge is 0.357 e. The summed E-state index contributed by atoms with van der Waals surface area (Å²) in [5, 5.41) is 6.98. The molecule has 1 aliphatic rings. The third-order valence-corrected chi connectivity index (χ3v) is 6.54. The topological polar surface area (TPSA) is 42.9 Å². The molecule has 5 nitrogen and oxygen atoms in total. The molecule has 3 rings (SSSR count). The first-order valence-corrected chi connectivity index (χ1v) is 12.9. The maximum atomic E-state index is 4.83. The van der Waals surface area contributed by atoms with Crippen LogP contribution in [0.1, 0.15) is 50.2 Å². The average molecular weight is 450 g/mol. The van der Waals surface area contributed by atoms with Crippen molar-refractivity contribution in [2.45, 2.75) is 39.0 Å². The molecule has 33 heavy (non-hydrogen) atoms. The quantitative estimate of drug-likeness (QED) is 0.290. The van der Waals surface area contributed by atoms with Crippen LogP contribution in [0.5, 0.6) is 0 Å². The van der Waals surface area contributed by atoms with Gasteiger partial charge in [-0.1, -0.05) is 67.6 Å². The van der Waals surface area contributed by atoms with Crippen molar-refractivity contribution in [2.75, 3.05) is 58.9 Å². The lowest BCUT2D eigenvalue weighted by Crippen LogP contribution is -2.46. The van der Waals surface area contributed by atoms with Crippen LogP contribution in [0.15, 0.2) is 65.7 Å². The minimum atomic E-state index is 0.385. The monoisotopic (exact) mass is 449 g/mol. The number of benzene rings is 2. The predicted molar refractivity (Wildman–Crippen MR) is 141 cm³/mol. The van der Waals surface area contributed by atoms with E-state index in [-0.39, 0.29) is 0 Å². The van der Waals surface area contributed by atoms with E-state index in [1.54, 1.807) is 0 Å². The van der Waals surface area contributed by atoms with Crippen molar-refractivity contribution in [3.8, 4) is 0 Å². The van der Waals surface area contributed by atoms with Crippen molar-refractivity contribution in [3.05, 3.63) is 71.8 Å². The zero-order chi connectivity index (χ0) is 23.1. The third-order valence-electron chi connectivity index (χ3n) is 6.54. The van der Waals surface area contributed by atoms with Crippen LogP contribution < -0.4 is 10.6 Å². The van der Waals surface area contributed by atoms with Crippen molar-refractivity contribution in [1.82, 2.24) is 20.4 Å². The molecule has 1 aliphatic heterocycles. The highest BCUT2D eigenvalue weighted by atomic mass is 15.3. The number of likely N-dealkylation sites (N-methyl/N-ethyl adjacent to an activating group) is 1. The number of piperazine rings is 1. The van der Waals surface area contributed by atoms with Gasteiger partial charge >= 0.3 is 0 Å². The molecule has 2 aromatic carbocycles. The van der Waals surface area contributed by atoms with Gasteiger partial charge in [0.15, 0.2) is 5.96 Å². The van der Waals surface area contributed by atoms with Crippen molar-refractivity contribution in [1.29, 1.82) is 0 Å². The molecule has 0 unspecified atom stereocenters. The molecule has 0 bridgehead atoms. The van der Waals surface area contributed by atoms with E-state index in [0.717, 1.165) is 38.4 Å². The van der Waals surface area contributed by atoms with Gasteiger partial charge in [-0.3, -0.25) is 4.99 Å². The van der Waals surface area contributed by atoms with Crippen molar-refractivity contribution in [3.63, 3.8) is 0 Å². The molecule has 180 valence electrons. The molecule has 0 atom stereocenters. The van der Waals surface area contributed by atoms with Gasteiger partial charge < -0.3 is 20.4 Å². The fraction of sp³-hybridized carbons (Fsp3) is 0.536. The lowest BCUT2D eigenvalue weighted by Gasteiger charge is -2.33. The van der Waals surface area contributed by atoms with Crippen molar-refractivity contribution in [2.24, 2.45) is 4.99 Å². The molecule has 2 N–H and O–H groups in total. The first-order valence-electron chi connectivity index (χ1n) is 12.9. The number of nitrogens with one attached hydrogen (secondary N) is 2. The van der Waals surface area contributed by atoms with Gasteiger partial charge in [-0.05, 0) is 50.4 Å². The smallest absolute Gasteiger partial charge is 0.191 e. The Balaban J connectivity index is 1.43. The number of nitrogens with zero attached hydrogens (tertiary/aromatic N) is 3. The second kappa shape index (κ2) is 14.7. The number of aliphatic imine (C=N–C) groups is 1. The predicted octanol–water partition coefficient (Wildman–Crippen LogP) is 4.18. The van der Waals surface area contributed by atoms with E-state index in [0.29, 0.717) is 5.92 Å². The molecule has 0 aromatic heterocycles. The Morgan fingerprint density at radius 2 is 1.42 bits per heavy atom. The number of hydrogen-bond donors (Lipinski definition) is 2. The van der Waals surface area contributed by atoms with Crippen LogP contribution >= 0.6 is 0 Å². The van der Waals surface area contributed by atoms with Gasteiger partial charge in [0, 0.05) is 51.7 Å². The summed E-state index contributed by atoms with van der Waals surface area (Å²) < 4.78 is 0. The Hall–Kier alpha value is -2.37. The van der Waals surface area contributed by atoms with Crippen LogP contribution in [-0.2, 0) is 0 Å². The second-order valence-electron chi connectivity index (χ2n) is 8.83. The van der Waals surface area contributed by atoms with Crippen LogP contribution in [0, 0.1) is 0 Å². The Morgan fingerprint density at radius 1 is 0.818 bits per heavy atom. The average Bonchev–Trinajstić information content (AvgIpc) is 2.87. The standard InChI is InChI=1S/C28H43N5/c1-3-29-28(30-18-11-12-20-33-23-21-32(4-2)22-24-33)31-19-17-27(25-13-7-5-8-14-25)26-15-9-6-10-16-26/h5-10,13-16,27H,3-4,11-12,17-24H2,1-2H3,(H2,29,30,31). The molecule has 1 heterocycles. The van der Waals surface area contributed by atoms with Gasteiger partial charge in [0.2, 0.25) is 0 Å². The summed E-state index contributed by atoms with van der Waals surface area (Å²) in [7, 11) is 0. The van der Waals surface area contributed by atoms with Gasteiger partial charge in [-0.15, -0.1) is 0 Å². The zero-order valence-electron chi connectivity index (χ0n) is 20.7. The molecular weight excluding hydrogens is 406 g/mol. The van der Waals surface area contributed by atoms with E-state index < -0.39 is 0 Å². The highest BCUT2D eigenvalue weighted by Gasteiger charge is 2.15. The minimum Gasteiger partial charge on any atom is -0.357 e. The number of unbranched alkanes of at least 4 members (excludes halogenated alkanes) is 1. The summed E-state index contributed by atoms with van der Waals surface area (Å²) in [4.78, 5) is 9.97. The van der Waals surface area contributed by atoms with Crippen LogP contribution in [0.3, 0.4) is 0 Å². The van der Waals surface area contributed by atoms with E-state index in [1.807, 2.05) is 0 Å². The summed E-state index contributed by atoms with van der Waals surface area (Å²) in [5.41, 5.74) is 2.74. The van der Waals surface area contributed by atoms with Crippen LogP contribution in [-0.4, -0.2) is 74.7 Å². The molecule has 0 aliphatic carbocycles. The zero-order valence-corrected chi connectivity index (χ0v) is 20.7. The van der Waals surface area contributed by atoms with Crippen LogP contribution in [0.25, 0.3) is 0 Å². The highest BCUT2D eigenvalue weighted by molar-refractivity contribution is 5.79. The fourth-order valence-corrected chi connectivity index (χ4v) is 4.54. The minimum absolute atomic E-state index is 0.385. The lowest BCUT2D eigenvalue weighted by molar-refractivity contribution is 0.136. The molecule has 2 aromatic rings. The van der Waals surface area contributed by atoms with Gasteiger partial charge in [-0.25, -0.2) is 0 Å². The van der Waals surface area contributed by atoms with Crippen LogP contribution in [0.2, 0.25) is 0 Å². The van der Waals surface area contributed by atoms with Crippen molar-refractivity contribution >= 4 is 5.96 Å². The lowest BCUT2D eigenvalue weighted by atomic mass is 9.88. The van der Waals surface area contributed by atoms with E-state index in [1.165, 1.54) is 56.8 Å². The summed E-state index contributed by atoms with van der Waals surface area (Å²) in [6, 6.07) is 21.6. The van der Waals surface area contributed by atoms with Crippen molar-refractivity contribution < 1.29 is 0 Å². The first-order chi connectivity index (χ1) is 16.3. The van der Waals surface area contributed by atoms with Gasteiger partial charge in [0.05, 0.1) is 0 Å². The molecule has 0 saturated carbocycles. The molecule has 0 radical (unpaired) electrons. The summed E-state index contributed by atoms with van der Waals surface area (Å²) >= 11 is 0. The molecule has 0 spiro atoms. The Kier molecular flexibility index (Phi) is 11.3. The number of rotatable bonds is 12. The molecule has 1 fully saturated rings. The summed E-state index contributed by atoms with van der Waals surface area (Å²) in [6.45, 7) is 14.3. The van der Waals surface area contributed by atoms with Gasteiger partial charge in [0.1, 0.15) is 0 Å². The van der Waals surface area contributed by atoms with Gasteiger partial charge in [0.25, 0.3) is 0 Å². The second-order valence-corrected chi connectivity index (χ2v) is 8.83. The Labute approximate surface area is 201 Å². The molecular formula is C28H43N5. The Morgan fingerprint density at radius 3 is 2.00 bits per heavy atom. The molecule has 1 saturated heterocycles. The maximum Gasteiger partial charge on any atom is 0.191 e. The number of hydrogen-bond acceptors (Lipinski definition) is 3. The maximum absolute atomic E-state index is 4.83. The molecule has 0 amide bonds. The van der Waals surface area contributed by atoms with E-state index >= 15 is 0 Å². The fourth-order valence-electron chi connectivity index (χ4n) is 4.54. The van der Waals surface area contributed by atoms with E-state index in [9.17, 15) is 0 Å². The highest BCUT2D eigenvalue weighted by Crippen LogP contribution is 2.27. The SMILES string of the molecule is CCNC(=NCCCCN1CCN(CC)CC1)NCCC(c1ccccc1)c1ccccc1.